The topological polar surface area (TPSA) is 98.0 Å². The second-order valence-corrected chi connectivity index (χ2v) is 7.27. The number of aliphatic hydroxyl groups is 4. The van der Waals surface area contributed by atoms with Crippen molar-refractivity contribution in [1.29, 1.82) is 0 Å². The molecule has 2 rings (SSSR count). The Morgan fingerprint density at radius 1 is 1.24 bits per heavy atom. The molecule has 0 aliphatic heterocycles. The highest BCUT2D eigenvalue weighted by Gasteiger charge is 2.60. The lowest BCUT2D eigenvalue weighted by Crippen LogP contribution is -2.63. The van der Waals surface area contributed by atoms with E-state index in [0.717, 1.165) is 0 Å². The van der Waals surface area contributed by atoms with Gasteiger partial charge in [0, 0.05) is 25.4 Å². The van der Waals surface area contributed by atoms with Gasteiger partial charge in [-0.15, -0.1) is 0 Å². The normalized spacial score (nSPS) is 49.8. The number of rotatable bonds is 3. The molecule has 0 radical (unpaired) electrons. The summed E-state index contributed by atoms with van der Waals surface area (Å²) in [4.78, 5) is 12.6. The molecule has 21 heavy (non-hydrogen) atoms. The van der Waals surface area contributed by atoms with Crippen molar-refractivity contribution in [2.45, 2.75) is 57.3 Å². The fourth-order valence-electron chi connectivity index (χ4n) is 4.23. The quantitative estimate of drug-likeness (QED) is 0.566. The van der Waals surface area contributed by atoms with Crippen molar-refractivity contribution in [3.63, 3.8) is 0 Å². The SMILES string of the molecule is C[C@]1(O)C[C@@H](O)[C@@H]2[C@H](C=C[C@@](C)(O)[C@@]2(C)C(=O)CCO)C1. The van der Waals surface area contributed by atoms with Gasteiger partial charge in [-0.2, -0.15) is 0 Å². The van der Waals surface area contributed by atoms with Crippen LogP contribution in [0.1, 0.15) is 40.0 Å². The molecule has 0 spiro atoms. The predicted octanol–water partition coefficient (Wildman–Crippen LogP) is 0.403. The number of ketones is 1. The summed E-state index contributed by atoms with van der Waals surface area (Å²) in [6.45, 7) is 4.63. The summed E-state index contributed by atoms with van der Waals surface area (Å²) in [6, 6.07) is 0. The standard InChI is InChI=1S/C16H26O5/c1-14(20)8-10-4-6-15(2,21)16(3,12(19)5-7-17)13(10)11(18)9-14/h4,6,10-11,13,17-18,20-21H,5,7-9H2,1-3H3/t10-,11-,13+,14-,15-,16+/m1/s1. The van der Waals surface area contributed by atoms with Crippen molar-refractivity contribution in [1.82, 2.24) is 0 Å². The minimum Gasteiger partial charge on any atom is -0.396 e. The minimum absolute atomic E-state index is 0.0488. The lowest BCUT2D eigenvalue weighted by molar-refractivity contribution is -0.177. The van der Waals surface area contributed by atoms with Crippen molar-refractivity contribution in [3.8, 4) is 0 Å². The van der Waals surface area contributed by atoms with Gasteiger partial charge in [-0.1, -0.05) is 12.2 Å². The highest BCUT2D eigenvalue weighted by Crippen LogP contribution is 2.54. The van der Waals surface area contributed by atoms with Crippen LogP contribution in [0.3, 0.4) is 0 Å². The molecular weight excluding hydrogens is 272 g/mol. The van der Waals surface area contributed by atoms with Crippen molar-refractivity contribution in [2.75, 3.05) is 6.61 Å². The first-order chi connectivity index (χ1) is 9.55. The minimum atomic E-state index is -1.38. The molecule has 0 bridgehead atoms. The molecule has 2 aliphatic rings. The summed E-state index contributed by atoms with van der Waals surface area (Å²) >= 11 is 0. The lowest BCUT2D eigenvalue weighted by Gasteiger charge is -2.56. The van der Waals surface area contributed by atoms with E-state index in [4.69, 9.17) is 5.11 Å². The summed E-state index contributed by atoms with van der Waals surface area (Å²) in [5, 5.41) is 40.5. The molecule has 6 atom stereocenters. The monoisotopic (exact) mass is 298 g/mol. The highest BCUT2D eigenvalue weighted by molar-refractivity contribution is 5.87. The molecule has 0 saturated heterocycles. The predicted molar refractivity (Wildman–Crippen MR) is 77.4 cm³/mol. The van der Waals surface area contributed by atoms with Gasteiger partial charge in [0.05, 0.1) is 22.7 Å². The van der Waals surface area contributed by atoms with Crippen LogP contribution in [0.25, 0.3) is 0 Å². The van der Waals surface area contributed by atoms with Crippen LogP contribution in [0.5, 0.6) is 0 Å². The molecule has 5 heteroatoms. The zero-order valence-electron chi connectivity index (χ0n) is 12.9. The number of carbonyl (C=O) groups excluding carboxylic acids is 1. The van der Waals surface area contributed by atoms with Gasteiger partial charge in [-0.3, -0.25) is 4.79 Å². The van der Waals surface area contributed by atoms with Crippen LogP contribution >= 0.6 is 0 Å². The van der Waals surface area contributed by atoms with Crippen LogP contribution in [0.15, 0.2) is 12.2 Å². The molecule has 0 amide bonds. The van der Waals surface area contributed by atoms with E-state index in [9.17, 15) is 20.1 Å². The van der Waals surface area contributed by atoms with Crippen LogP contribution < -0.4 is 0 Å². The molecule has 0 aromatic carbocycles. The summed E-state index contributed by atoms with van der Waals surface area (Å²) in [6.07, 6.45) is 3.10. The van der Waals surface area contributed by atoms with E-state index in [1.807, 2.05) is 0 Å². The van der Waals surface area contributed by atoms with Crippen LogP contribution in [-0.4, -0.2) is 50.1 Å². The van der Waals surface area contributed by atoms with Crippen LogP contribution in [0.2, 0.25) is 0 Å². The number of carbonyl (C=O) groups is 1. The van der Waals surface area contributed by atoms with Gasteiger partial charge in [-0.05, 0) is 33.1 Å². The van der Waals surface area contributed by atoms with E-state index < -0.39 is 28.6 Å². The van der Waals surface area contributed by atoms with Gasteiger partial charge >= 0.3 is 0 Å². The van der Waals surface area contributed by atoms with Crippen LogP contribution in [0, 0.1) is 17.3 Å². The number of Topliss-reactive ketones (excluding diaryl/α,β-unsaturated/α-hetero) is 1. The van der Waals surface area contributed by atoms with Crippen molar-refractivity contribution < 1.29 is 25.2 Å². The first kappa shape index (κ1) is 16.6. The second-order valence-electron chi connectivity index (χ2n) is 7.27. The van der Waals surface area contributed by atoms with E-state index in [1.165, 1.54) is 0 Å². The Kier molecular flexibility index (Phi) is 4.08. The van der Waals surface area contributed by atoms with Crippen molar-refractivity contribution >= 4 is 5.78 Å². The van der Waals surface area contributed by atoms with E-state index in [0.29, 0.717) is 6.42 Å². The third-order valence-electron chi connectivity index (χ3n) is 5.50. The Labute approximate surface area is 125 Å². The number of allylic oxidation sites excluding steroid dienone is 1. The average molecular weight is 298 g/mol. The summed E-state index contributed by atoms with van der Waals surface area (Å²) in [5.74, 6) is -0.886. The molecule has 0 aromatic rings. The average Bonchev–Trinajstić information content (AvgIpc) is 2.32. The molecule has 0 unspecified atom stereocenters. The Morgan fingerprint density at radius 2 is 1.86 bits per heavy atom. The Hall–Kier alpha value is -0.750. The number of fused-ring (bicyclic) bond motifs is 1. The van der Waals surface area contributed by atoms with Gasteiger partial charge < -0.3 is 20.4 Å². The molecule has 0 heterocycles. The number of aliphatic hydroxyl groups excluding tert-OH is 2. The molecular formula is C16H26O5. The molecule has 5 nitrogen and oxygen atoms in total. The highest BCUT2D eigenvalue weighted by atomic mass is 16.3. The number of hydrogen-bond donors (Lipinski definition) is 4. The molecule has 1 saturated carbocycles. The fraction of sp³-hybridized carbons (Fsp3) is 0.812. The maximum atomic E-state index is 12.6. The Morgan fingerprint density at radius 3 is 2.43 bits per heavy atom. The lowest BCUT2D eigenvalue weighted by atomic mass is 9.51. The molecule has 0 aromatic heterocycles. The second kappa shape index (κ2) is 5.16. The summed E-state index contributed by atoms with van der Waals surface area (Å²) in [5.41, 5.74) is -3.54. The Bertz CT molecular complexity index is 454. The maximum absolute atomic E-state index is 12.6. The van der Waals surface area contributed by atoms with E-state index in [-0.39, 0.29) is 31.1 Å². The van der Waals surface area contributed by atoms with Crippen molar-refractivity contribution in [3.05, 3.63) is 12.2 Å². The third kappa shape index (κ3) is 2.57. The van der Waals surface area contributed by atoms with E-state index >= 15 is 0 Å². The van der Waals surface area contributed by atoms with Crippen LogP contribution in [0.4, 0.5) is 0 Å². The maximum Gasteiger partial charge on any atom is 0.144 e. The third-order valence-corrected chi connectivity index (χ3v) is 5.50. The van der Waals surface area contributed by atoms with Gasteiger partial charge in [0.25, 0.3) is 0 Å². The first-order valence-electron chi connectivity index (χ1n) is 7.51. The van der Waals surface area contributed by atoms with Gasteiger partial charge in [0.1, 0.15) is 5.78 Å². The van der Waals surface area contributed by atoms with E-state index in [2.05, 4.69) is 0 Å². The smallest absolute Gasteiger partial charge is 0.144 e. The zero-order valence-corrected chi connectivity index (χ0v) is 12.9. The van der Waals surface area contributed by atoms with Gasteiger partial charge in [0.2, 0.25) is 0 Å². The zero-order chi connectivity index (χ0) is 16.1. The summed E-state index contributed by atoms with van der Waals surface area (Å²) < 4.78 is 0. The largest absolute Gasteiger partial charge is 0.396 e. The van der Waals surface area contributed by atoms with Crippen LogP contribution in [-0.2, 0) is 4.79 Å². The number of hydrogen-bond acceptors (Lipinski definition) is 5. The van der Waals surface area contributed by atoms with Gasteiger partial charge in [-0.25, -0.2) is 0 Å². The molecule has 2 aliphatic carbocycles. The first-order valence-corrected chi connectivity index (χ1v) is 7.51. The Balaban J connectivity index is 2.47. The summed E-state index contributed by atoms with van der Waals surface area (Å²) in [7, 11) is 0. The molecule has 120 valence electrons. The fourth-order valence-corrected chi connectivity index (χ4v) is 4.23. The van der Waals surface area contributed by atoms with E-state index in [1.54, 1.807) is 32.9 Å². The van der Waals surface area contributed by atoms with Crippen molar-refractivity contribution in [2.24, 2.45) is 17.3 Å². The van der Waals surface area contributed by atoms with Gasteiger partial charge in [0.15, 0.2) is 0 Å². The molecule has 4 N–H and O–H groups in total. The molecule has 1 fully saturated rings.